The van der Waals surface area contributed by atoms with Gasteiger partial charge in [0.05, 0.1) is 29.7 Å². The van der Waals surface area contributed by atoms with Crippen molar-refractivity contribution in [2.45, 2.75) is 19.4 Å². The summed E-state index contributed by atoms with van der Waals surface area (Å²) in [5.74, 6) is 0.423. The third-order valence-corrected chi connectivity index (χ3v) is 4.98. The summed E-state index contributed by atoms with van der Waals surface area (Å²) in [4.78, 5) is 24.7. The van der Waals surface area contributed by atoms with Gasteiger partial charge < -0.3 is 4.90 Å². The lowest BCUT2D eigenvalue weighted by molar-refractivity contribution is 0.0995. The molecular weight excluding hydrogens is 347 g/mol. The lowest BCUT2D eigenvalue weighted by Crippen LogP contribution is -2.25. The monoisotopic (exact) mass is 364 g/mol. The molecule has 8 heteroatoms. The van der Waals surface area contributed by atoms with E-state index >= 15 is 0 Å². The molecular formula is C19H17FN6O. The Morgan fingerprint density at radius 2 is 1.89 bits per heavy atom. The highest BCUT2D eigenvalue weighted by atomic mass is 19.1. The molecule has 0 atom stereocenters. The Bertz CT molecular complexity index is 1010. The van der Waals surface area contributed by atoms with Crippen molar-refractivity contribution in [1.29, 1.82) is 0 Å². The van der Waals surface area contributed by atoms with Crippen molar-refractivity contribution in [2.24, 2.45) is 0 Å². The predicted octanol–water partition coefficient (Wildman–Crippen LogP) is 2.56. The van der Waals surface area contributed by atoms with Gasteiger partial charge in [-0.05, 0) is 37.1 Å². The van der Waals surface area contributed by atoms with Crippen molar-refractivity contribution in [3.63, 3.8) is 0 Å². The minimum absolute atomic E-state index is 0.226. The molecule has 1 amide bonds. The zero-order valence-electron chi connectivity index (χ0n) is 14.5. The lowest BCUT2D eigenvalue weighted by Gasteiger charge is -2.16. The van der Waals surface area contributed by atoms with Crippen LogP contribution in [0.5, 0.6) is 0 Å². The summed E-state index contributed by atoms with van der Waals surface area (Å²) >= 11 is 0. The minimum Gasteiger partial charge on any atom is -0.357 e. The molecule has 0 unspecified atom stereocenters. The number of rotatable bonds is 3. The van der Waals surface area contributed by atoms with Crippen molar-refractivity contribution in [2.75, 3.05) is 22.9 Å². The summed E-state index contributed by atoms with van der Waals surface area (Å²) in [6, 6.07) is 8.34. The Morgan fingerprint density at radius 3 is 2.59 bits per heavy atom. The number of halogens is 1. The Morgan fingerprint density at radius 1 is 1.04 bits per heavy atom. The number of carbonyl (C=O) groups excluding carboxylic acids is 1. The molecule has 27 heavy (non-hydrogen) atoms. The first-order valence-corrected chi connectivity index (χ1v) is 8.93. The van der Waals surface area contributed by atoms with Gasteiger partial charge in [0.25, 0.3) is 5.91 Å². The summed E-state index contributed by atoms with van der Waals surface area (Å²) < 4.78 is 15.0. The molecule has 0 aliphatic carbocycles. The lowest BCUT2D eigenvalue weighted by atomic mass is 10.3. The molecule has 1 fully saturated rings. The van der Waals surface area contributed by atoms with E-state index in [1.807, 2.05) is 12.1 Å². The van der Waals surface area contributed by atoms with E-state index in [1.54, 1.807) is 23.1 Å². The number of carbonyl (C=O) groups is 1. The van der Waals surface area contributed by atoms with Gasteiger partial charge in [0.1, 0.15) is 11.6 Å². The van der Waals surface area contributed by atoms with E-state index in [-0.39, 0.29) is 12.5 Å². The first-order chi connectivity index (χ1) is 13.2. The average Bonchev–Trinajstić information content (AvgIpc) is 3.40. The first kappa shape index (κ1) is 15.9. The summed E-state index contributed by atoms with van der Waals surface area (Å²) in [6.45, 7) is 2.36. The molecule has 0 bridgehead atoms. The Balaban J connectivity index is 1.39. The van der Waals surface area contributed by atoms with Crippen molar-refractivity contribution in [1.82, 2.24) is 19.7 Å². The molecule has 5 heterocycles. The third kappa shape index (κ3) is 2.73. The molecule has 5 rings (SSSR count). The fourth-order valence-corrected chi connectivity index (χ4v) is 3.58. The van der Waals surface area contributed by atoms with E-state index in [4.69, 9.17) is 0 Å². The number of aromatic nitrogens is 4. The first-order valence-electron chi connectivity index (χ1n) is 8.93. The van der Waals surface area contributed by atoms with Gasteiger partial charge in [-0.2, -0.15) is 9.49 Å². The third-order valence-electron chi connectivity index (χ3n) is 4.98. The number of fused-ring (bicyclic) bond motifs is 1. The normalized spacial score (nSPS) is 16.3. The Labute approximate surface area is 155 Å². The molecule has 0 aromatic carbocycles. The van der Waals surface area contributed by atoms with Crippen molar-refractivity contribution in [3.05, 3.63) is 59.9 Å². The molecule has 0 saturated carbocycles. The molecule has 136 valence electrons. The number of hydrogen-bond acceptors (Lipinski definition) is 5. The van der Waals surface area contributed by atoms with Crippen LogP contribution >= 0.6 is 0 Å². The molecule has 1 saturated heterocycles. The summed E-state index contributed by atoms with van der Waals surface area (Å²) in [6.07, 6.45) is 5.87. The molecule has 0 N–H and O–H groups in total. The van der Waals surface area contributed by atoms with Crippen LogP contribution < -0.4 is 9.80 Å². The number of amides is 1. The van der Waals surface area contributed by atoms with Crippen LogP contribution in [0.15, 0.2) is 42.7 Å². The maximum atomic E-state index is 13.4. The van der Waals surface area contributed by atoms with Crippen LogP contribution in [0, 0.1) is 5.95 Å². The number of nitrogens with zero attached hydrogens (tertiary/aromatic N) is 6. The standard InChI is InChI=1S/C19H17FN6O/c20-16-4-3-5-18(22-16)25-12-15-14(19(25)27)11-26(23-15)13-6-7-17(21-10-13)24-8-1-2-9-24/h3-7,10-11H,1-2,8-9,12H2. The average molecular weight is 364 g/mol. The van der Waals surface area contributed by atoms with Crippen molar-refractivity contribution >= 4 is 17.5 Å². The van der Waals surface area contributed by atoms with E-state index < -0.39 is 5.95 Å². The predicted molar refractivity (Wildman–Crippen MR) is 97.5 cm³/mol. The van der Waals surface area contributed by atoms with E-state index in [0.717, 1.165) is 24.6 Å². The van der Waals surface area contributed by atoms with Gasteiger partial charge in [-0.3, -0.25) is 9.69 Å². The van der Waals surface area contributed by atoms with Crippen LogP contribution in [0.1, 0.15) is 28.9 Å². The van der Waals surface area contributed by atoms with E-state index in [2.05, 4.69) is 20.0 Å². The van der Waals surface area contributed by atoms with Gasteiger partial charge in [-0.1, -0.05) is 6.07 Å². The van der Waals surface area contributed by atoms with E-state index in [0.29, 0.717) is 17.1 Å². The number of anilines is 2. The Hall–Kier alpha value is -3.29. The van der Waals surface area contributed by atoms with Gasteiger partial charge in [-0.25, -0.2) is 14.6 Å². The van der Waals surface area contributed by atoms with Crippen LogP contribution in [0.2, 0.25) is 0 Å². The maximum absolute atomic E-state index is 13.4. The molecule has 7 nitrogen and oxygen atoms in total. The zero-order chi connectivity index (χ0) is 18.4. The van der Waals surface area contributed by atoms with E-state index in [1.165, 1.54) is 29.9 Å². The van der Waals surface area contributed by atoms with Gasteiger partial charge in [-0.15, -0.1) is 0 Å². The van der Waals surface area contributed by atoms with Gasteiger partial charge >= 0.3 is 0 Å². The van der Waals surface area contributed by atoms with Gasteiger partial charge in [0.2, 0.25) is 5.95 Å². The van der Waals surface area contributed by atoms with Crippen LogP contribution in [0.25, 0.3) is 5.69 Å². The summed E-state index contributed by atoms with van der Waals surface area (Å²) in [5, 5.41) is 4.52. The number of hydrogen-bond donors (Lipinski definition) is 0. The van der Waals surface area contributed by atoms with Crippen LogP contribution in [-0.4, -0.2) is 38.7 Å². The fraction of sp³-hybridized carbons (Fsp3) is 0.263. The second-order valence-electron chi connectivity index (χ2n) is 6.71. The summed E-state index contributed by atoms with van der Waals surface area (Å²) in [5.41, 5.74) is 1.95. The smallest absolute Gasteiger partial charge is 0.263 e. The second-order valence-corrected chi connectivity index (χ2v) is 6.71. The topological polar surface area (TPSA) is 67.2 Å². The van der Waals surface area contributed by atoms with Crippen molar-refractivity contribution < 1.29 is 9.18 Å². The van der Waals surface area contributed by atoms with Crippen molar-refractivity contribution in [3.8, 4) is 5.69 Å². The molecule has 0 radical (unpaired) electrons. The molecule has 0 spiro atoms. The SMILES string of the molecule is O=C1c2cn(-c3ccc(N4CCCC4)nc3)nc2CN1c1cccc(F)n1. The Kier molecular flexibility index (Phi) is 3.63. The van der Waals surface area contributed by atoms with E-state index in [9.17, 15) is 9.18 Å². The zero-order valence-corrected chi connectivity index (χ0v) is 14.5. The fourth-order valence-electron chi connectivity index (χ4n) is 3.58. The van der Waals surface area contributed by atoms with Gasteiger partial charge in [0.15, 0.2) is 0 Å². The minimum atomic E-state index is -0.612. The van der Waals surface area contributed by atoms with Gasteiger partial charge in [0, 0.05) is 19.3 Å². The highest BCUT2D eigenvalue weighted by Gasteiger charge is 2.32. The molecule has 2 aliphatic rings. The summed E-state index contributed by atoms with van der Waals surface area (Å²) in [7, 11) is 0. The second kappa shape index (κ2) is 6.15. The largest absolute Gasteiger partial charge is 0.357 e. The maximum Gasteiger partial charge on any atom is 0.263 e. The molecule has 3 aromatic rings. The number of pyridine rings is 2. The van der Waals surface area contributed by atoms with Crippen LogP contribution in [-0.2, 0) is 6.54 Å². The molecule has 3 aromatic heterocycles. The van der Waals surface area contributed by atoms with Crippen LogP contribution in [0.4, 0.5) is 16.0 Å². The quantitative estimate of drug-likeness (QED) is 0.668. The molecule has 2 aliphatic heterocycles. The highest BCUT2D eigenvalue weighted by molar-refractivity contribution is 6.09. The van der Waals surface area contributed by atoms with Crippen LogP contribution in [0.3, 0.4) is 0 Å². The highest BCUT2D eigenvalue weighted by Crippen LogP contribution is 2.27.